The molecule has 0 saturated carbocycles. The first-order valence-corrected chi connectivity index (χ1v) is 12.0. The number of Topliss-reactive ketones (excluding diaryl/α,β-unsaturated/α-hetero) is 2. The van der Waals surface area contributed by atoms with E-state index >= 15 is 0 Å². The maximum atomic E-state index is 12.3. The van der Waals surface area contributed by atoms with Crippen LogP contribution in [0.3, 0.4) is 0 Å². The number of nitrogens with one attached hydrogen (secondary N) is 3. The molecule has 0 bridgehead atoms. The number of hydrazone groups is 2. The first-order valence-electron chi connectivity index (χ1n) is 12.0. The van der Waals surface area contributed by atoms with Crippen molar-refractivity contribution in [3.8, 4) is 0 Å². The molecule has 3 aromatic carbocycles. The second-order valence-corrected chi connectivity index (χ2v) is 8.46. The number of ketones is 2. The number of hydrogen-bond donors (Lipinski definition) is 3. The zero-order valence-corrected chi connectivity index (χ0v) is 21.2. The number of amides is 2. The fourth-order valence-electron chi connectivity index (χ4n) is 3.36. The van der Waals surface area contributed by atoms with Crippen molar-refractivity contribution in [1.82, 2.24) is 10.9 Å². The van der Waals surface area contributed by atoms with Gasteiger partial charge in [0, 0.05) is 35.3 Å². The molecular formula is C29H29N5O4. The van der Waals surface area contributed by atoms with Crippen LogP contribution in [0.15, 0.2) is 83.0 Å². The Bertz CT molecular complexity index is 1360. The molecule has 0 saturated heterocycles. The molecule has 194 valence electrons. The van der Waals surface area contributed by atoms with Gasteiger partial charge in [-0.1, -0.05) is 36.4 Å². The minimum absolute atomic E-state index is 0.0337. The van der Waals surface area contributed by atoms with Crippen LogP contribution in [0.5, 0.6) is 0 Å². The molecule has 0 radical (unpaired) electrons. The summed E-state index contributed by atoms with van der Waals surface area (Å²) in [7, 11) is 0. The van der Waals surface area contributed by atoms with Gasteiger partial charge >= 0.3 is 0 Å². The van der Waals surface area contributed by atoms with E-state index in [4.69, 9.17) is 0 Å². The molecule has 0 spiro atoms. The Hall–Kier alpha value is -4.92. The van der Waals surface area contributed by atoms with Crippen molar-refractivity contribution >= 4 is 41.5 Å². The second kappa shape index (κ2) is 14.0. The van der Waals surface area contributed by atoms with Gasteiger partial charge in [-0.15, -0.1) is 0 Å². The molecule has 9 nitrogen and oxygen atoms in total. The van der Waals surface area contributed by atoms with Gasteiger partial charge < -0.3 is 5.32 Å². The van der Waals surface area contributed by atoms with Crippen molar-refractivity contribution < 1.29 is 19.2 Å². The van der Waals surface area contributed by atoms with Crippen molar-refractivity contribution in [2.75, 3.05) is 11.9 Å². The lowest BCUT2D eigenvalue weighted by atomic mass is 10.1. The summed E-state index contributed by atoms with van der Waals surface area (Å²) < 4.78 is 0. The van der Waals surface area contributed by atoms with Crippen molar-refractivity contribution in [2.24, 2.45) is 10.2 Å². The normalized spacial score (nSPS) is 10.9. The number of carbonyl (C=O) groups is 4. The average molecular weight is 512 g/mol. The van der Waals surface area contributed by atoms with Crippen molar-refractivity contribution in [1.29, 1.82) is 0 Å². The van der Waals surface area contributed by atoms with E-state index in [1.54, 1.807) is 72.8 Å². The van der Waals surface area contributed by atoms with E-state index in [0.717, 1.165) is 11.3 Å². The van der Waals surface area contributed by atoms with Crippen molar-refractivity contribution in [3.63, 3.8) is 0 Å². The molecular weight excluding hydrogens is 482 g/mol. The molecule has 0 heterocycles. The van der Waals surface area contributed by atoms with Crippen LogP contribution in [0.2, 0.25) is 0 Å². The number of carbonyl (C=O) groups excluding carboxylic acids is 4. The summed E-state index contributed by atoms with van der Waals surface area (Å²) in [6, 6.07) is 20.8. The van der Waals surface area contributed by atoms with Crippen LogP contribution in [0.1, 0.15) is 68.9 Å². The molecule has 38 heavy (non-hydrogen) atoms. The summed E-state index contributed by atoms with van der Waals surface area (Å²) in [5.74, 6) is -0.652. The Morgan fingerprint density at radius 3 is 1.82 bits per heavy atom. The van der Waals surface area contributed by atoms with Crippen LogP contribution in [0.25, 0.3) is 0 Å². The highest BCUT2D eigenvalue weighted by molar-refractivity contribution is 5.97. The standard InChI is InChI=1S/C29H29N5O4/c1-20(35)25-8-3-6-22(16-25)18-31-33-28(37)10-5-15-30-27-13-11-24(12-14-27)29(38)34-32-19-23-7-4-9-26(17-23)21(2)36/h3-4,6-9,11-14,16-19,30H,5,10,15H2,1-2H3,(H,33,37)(H,34,38). The third-order valence-corrected chi connectivity index (χ3v) is 5.43. The van der Waals surface area contributed by atoms with Crippen LogP contribution >= 0.6 is 0 Å². The molecule has 0 atom stereocenters. The SMILES string of the molecule is CC(=O)c1cccc(C=NNC(=O)CCCNc2ccc(C(=O)NN=Cc3cccc(C(C)=O)c3)cc2)c1. The molecule has 0 aromatic heterocycles. The summed E-state index contributed by atoms with van der Waals surface area (Å²) in [6.45, 7) is 3.55. The summed E-state index contributed by atoms with van der Waals surface area (Å²) in [4.78, 5) is 47.2. The lowest BCUT2D eigenvalue weighted by molar-refractivity contribution is -0.121. The lowest BCUT2D eigenvalue weighted by Gasteiger charge is -2.07. The summed E-state index contributed by atoms with van der Waals surface area (Å²) in [6.07, 6.45) is 3.85. The summed E-state index contributed by atoms with van der Waals surface area (Å²) in [5.41, 5.74) is 8.80. The summed E-state index contributed by atoms with van der Waals surface area (Å²) in [5, 5.41) is 11.1. The van der Waals surface area contributed by atoms with Crippen LogP contribution < -0.4 is 16.2 Å². The third kappa shape index (κ3) is 8.94. The molecule has 9 heteroatoms. The van der Waals surface area contributed by atoms with Crippen LogP contribution in [0.4, 0.5) is 5.69 Å². The van der Waals surface area contributed by atoms with Gasteiger partial charge in [0.05, 0.1) is 12.4 Å². The van der Waals surface area contributed by atoms with Crippen LogP contribution in [0, 0.1) is 0 Å². The van der Waals surface area contributed by atoms with Gasteiger partial charge in [-0.05, 0) is 67.8 Å². The van der Waals surface area contributed by atoms with Crippen LogP contribution in [-0.2, 0) is 4.79 Å². The number of hydrogen-bond acceptors (Lipinski definition) is 7. The highest BCUT2D eigenvalue weighted by Gasteiger charge is 2.05. The topological polar surface area (TPSA) is 129 Å². The van der Waals surface area contributed by atoms with Gasteiger partial charge in [0.25, 0.3) is 5.91 Å². The molecule has 3 aromatic rings. The molecule has 0 aliphatic carbocycles. The lowest BCUT2D eigenvalue weighted by Crippen LogP contribution is -2.18. The number of anilines is 1. The van der Waals surface area contributed by atoms with Crippen molar-refractivity contribution in [3.05, 3.63) is 101 Å². The van der Waals surface area contributed by atoms with Gasteiger partial charge in [-0.25, -0.2) is 10.9 Å². The van der Waals surface area contributed by atoms with Gasteiger partial charge in [-0.2, -0.15) is 10.2 Å². The monoisotopic (exact) mass is 511 g/mol. The molecule has 0 aliphatic rings. The Labute approximate surface area is 221 Å². The zero-order valence-electron chi connectivity index (χ0n) is 21.2. The first kappa shape index (κ1) is 27.7. The summed E-state index contributed by atoms with van der Waals surface area (Å²) >= 11 is 0. The fourth-order valence-corrected chi connectivity index (χ4v) is 3.36. The smallest absolute Gasteiger partial charge is 0.271 e. The number of benzene rings is 3. The molecule has 0 fully saturated rings. The van der Waals surface area contributed by atoms with E-state index in [0.29, 0.717) is 35.2 Å². The van der Waals surface area contributed by atoms with E-state index in [-0.39, 0.29) is 29.8 Å². The fraction of sp³-hybridized carbons (Fsp3) is 0.172. The number of nitrogens with zero attached hydrogens (tertiary/aromatic N) is 2. The first-order chi connectivity index (χ1) is 18.3. The maximum absolute atomic E-state index is 12.3. The zero-order chi connectivity index (χ0) is 27.3. The highest BCUT2D eigenvalue weighted by Crippen LogP contribution is 2.10. The third-order valence-electron chi connectivity index (χ3n) is 5.43. The Balaban J connectivity index is 1.37. The maximum Gasteiger partial charge on any atom is 0.271 e. The minimum atomic E-state index is -0.360. The van der Waals surface area contributed by atoms with E-state index in [9.17, 15) is 19.2 Å². The predicted molar refractivity (Wildman–Crippen MR) is 148 cm³/mol. The predicted octanol–water partition coefficient (Wildman–Crippen LogP) is 4.20. The molecule has 2 amide bonds. The quantitative estimate of drug-likeness (QED) is 0.145. The minimum Gasteiger partial charge on any atom is -0.385 e. The van der Waals surface area contributed by atoms with E-state index < -0.39 is 0 Å². The van der Waals surface area contributed by atoms with E-state index in [1.807, 2.05) is 0 Å². The Kier molecular flexibility index (Phi) is 10.2. The molecule has 3 N–H and O–H groups in total. The van der Waals surface area contributed by atoms with E-state index in [1.165, 1.54) is 26.3 Å². The largest absolute Gasteiger partial charge is 0.385 e. The molecule has 0 aliphatic heterocycles. The highest BCUT2D eigenvalue weighted by atomic mass is 16.2. The van der Waals surface area contributed by atoms with Gasteiger partial charge in [0.15, 0.2) is 11.6 Å². The van der Waals surface area contributed by atoms with E-state index in [2.05, 4.69) is 26.4 Å². The molecule has 3 rings (SSSR count). The average Bonchev–Trinajstić information content (AvgIpc) is 2.91. The van der Waals surface area contributed by atoms with Crippen molar-refractivity contribution in [2.45, 2.75) is 26.7 Å². The second-order valence-electron chi connectivity index (χ2n) is 8.46. The van der Waals surface area contributed by atoms with Gasteiger partial charge in [0.2, 0.25) is 5.91 Å². The van der Waals surface area contributed by atoms with Gasteiger partial charge in [0.1, 0.15) is 0 Å². The number of rotatable bonds is 12. The Morgan fingerprint density at radius 1 is 0.711 bits per heavy atom. The van der Waals surface area contributed by atoms with Crippen LogP contribution in [-0.4, -0.2) is 42.4 Å². The molecule has 0 unspecified atom stereocenters. The van der Waals surface area contributed by atoms with Gasteiger partial charge in [-0.3, -0.25) is 19.2 Å². The Morgan fingerprint density at radius 2 is 1.26 bits per heavy atom.